The van der Waals surface area contributed by atoms with Gasteiger partial charge < -0.3 is 5.21 Å². The van der Waals surface area contributed by atoms with Gasteiger partial charge in [0, 0.05) is 11.6 Å². The van der Waals surface area contributed by atoms with Gasteiger partial charge >= 0.3 is 0 Å². The van der Waals surface area contributed by atoms with Crippen LogP contribution < -0.4 is 4.89 Å². The predicted molar refractivity (Wildman–Crippen MR) is 43.9 cm³/mol. The zero-order valence-corrected chi connectivity index (χ0v) is 7.68. The van der Waals surface area contributed by atoms with E-state index in [1.807, 2.05) is 0 Å². The van der Waals surface area contributed by atoms with Crippen LogP contribution in [0.25, 0.3) is 0 Å². The standard InChI is InChI=1S/C7H7F2NO3S/c8-6-2-1-5(7(9)3-6)4-14(12,13)10-11/h1-3,10-11H,4H2. The van der Waals surface area contributed by atoms with Gasteiger partial charge in [-0.3, -0.25) is 0 Å². The Kier molecular flexibility index (Phi) is 3.14. The summed E-state index contributed by atoms with van der Waals surface area (Å²) < 4.78 is 46.9. The lowest BCUT2D eigenvalue weighted by Gasteiger charge is -2.02. The van der Waals surface area contributed by atoms with Crippen LogP contribution in [0.15, 0.2) is 18.2 Å². The molecule has 0 aromatic heterocycles. The van der Waals surface area contributed by atoms with Crippen LogP contribution in [0, 0.1) is 11.6 Å². The Balaban J connectivity index is 2.99. The lowest BCUT2D eigenvalue weighted by atomic mass is 10.2. The van der Waals surface area contributed by atoms with Gasteiger partial charge in [0.05, 0.1) is 5.75 Å². The van der Waals surface area contributed by atoms with E-state index >= 15 is 0 Å². The Hall–Kier alpha value is -1.05. The van der Waals surface area contributed by atoms with Crippen molar-refractivity contribution in [3.05, 3.63) is 35.4 Å². The molecule has 0 atom stereocenters. The van der Waals surface area contributed by atoms with E-state index in [0.29, 0.717) is 6.07 Å². The quantitative estimate of drug-likeness (QED) is 0.744. The molecule has 0 heterocycles. The molecule has 1 aromatic carbocycles. The third-order valence-electron chi connectivity index (χ3n) is 1.50. The smallest absolute Gasteiger partial charge is 0.237 e. The predicted octanol–water partition coefficient (Wildman–Crippen LogP) is 0.773. The van der Waals surface area contributed by atoms with Gasteiger partial charge in [0.15, 0.2) is 0 Å². The number of hydrogen-bond acceptors (Lipinski definition) is 3. The van der Waals surface area contributed by atoms with E-state index in [1.54, 1.807) is 0 Å². The van der Waals surface area contributed by atoms with Crippen LogP contribution in [0.5, 0.6) is 0 Å². The summed E-state index contributed by atoms with van der Waals surface area (Å²) in [5.41, 5.74) is -0.215. The molecular formula is C7H7F2NO3S. The van der Waals surface area contributed by atoms with Crippen molar-refractivity contribution in [1.29, 1.82) is 0 Å². The highest BCUT2D eigenvalue weighted by Crippen LogP contribution is 2.11. The van der Waals surface area contributed by atoms with Crippen molar-refractivity contribution in [3.8, 4) is 0 Å². The lowest BCUT2D eigenvalue weighted by Crippen LogP contribution is -2.21. The monoisotopic (exact) mass is 223 g/mol. The highest BCUT2D eigenvalue weighted by molar-refractivity contribution is 7.88. The molecule has 2 N–H and O–H groups in total. The molecule has 0 aliphatic carbocycles. The first-order chi connectivity index (χ1) is 6.44. The summed E-state index contributed by atoms with van der Waals surface area (Å²) in [6, 6.07) is 2.51. The van der Waals surface area contributed by atoms with Crippen LogP contribution in [-0.2, 0) is 15.8 Å². The lowest BCUT2D eigenvalue weighted by molar-refractivity contribution is 0.242. The Labute approximate surface area is 79.2 Å². The molecule has 78 valence electrons. The van der Waals surface area contributed by atoms with Crippen molar-refractivity contribution in [2.75, 3.05) is 0 Å². The van der Waals surface area contributed by atoms with E-state index in [4.69, 9.17) is 5.21 Å². The molecule has 0 saturated heterocycles. The van der Waals surface area contributed by atoms with Crippen LogP contribution >= 0.6 is 0 Å². The van der Waals surface area contributed by atoms with Crippen molar-refractivity contribution < 1.29 is 22.4 Å². The number of nitrogens with one attached hydrogen (secondary N) is 1. The maximum Gasteiger partial charge on any atom is 0.237 e. The van der Waals surface area contributed by atoms with Gasteiger partial charge in [-0.2, -0.15) is 0 Å². The zero-order valence-electron chi connectivity index (χ0n) is 6.87. The maximum absolute atomic E-state index is 12.9. The van der Waals surface area contributed by atoms with Gasteiger partial charge in [0.1, 0.15) is 11.6 Å². The molecule has 1 aromatic rings. The number of sulfonamides is 1. The Bertz CT molecular complexity index is 433. The molecule has 4 nitrogen and oxygen atoms in total. The second-order valence-corrected chi connectivity index (χ2v) is 4.29. The molecular weight excluding hydrogens is 216 g/mol. The third kappa shape index (κ3) is 2.72. The second kappa shape index (κ2) is 3.99. The maximum atomic E-state index is 12.9. The highest BCUT2D eigenvalue weighted by atomic mass is 32.2. The summed E-state index contributed by atoms with van der Waals surface area (Å²) in [5, 5.41) is 8.17. The van der Waals surface area contributed by atoms with E-state index in [9.17, 15) is 17.2 Å². The molecule has 0 unspecified atom stereocenters. The molecule has 14 heavy (non-hydrogen) atoms. The minimum Gasteiger partial charge on any atom is -0.302 e. The fourth-order valence-electron chi connectivity index (χ4n) is 0.876. The van der Waals surface area contributed by atoms with Crippen LogP contribution in [0.3, 0.4) is 0 Å². The molecule has 0 spiro atoms. The van der Waals surface area contributed by atoms with Crippen molar-refractivity contribution in [3.63, 3.8) is 0 Å². The minimum absolute atomic E-state index is 0.215. The molecule has 0 bridgehead atoms. The van der Waals surface area contributed by atoms with Gasteiger partial charge in [0.25, 0.3) is 0 Å². The second-order valence-electron chi connectivity index (χ2n) is 2.59. The summed E-state index contributed by atoms with van der Waals surface area (Å²) in [4.78, 5) is 1.04. The number of halogens is 2. The first-order valence-corrected chi connectivity index (χ1v) is 5.17. The average molecular weight is 223 g/mol. The SMILES string of the molecule is O=S(=O)(Cc1ccc(F)cc1F)NO. The molecule has 0 saturated carbocycles. The third-order valence-corrected chi connectivity index (χ3v) is 2.47. The van der Waals surface area contributed by atoms with Crippen molar-refractivity contribution in [1.82, 2.24) is 4.89 Å². The van der Waals surface area contributed by atoms with E-state index in [-0.39, 0.29) is 5.56 Å². The van der Waals surface area contributed by atoms with E-state index < -0.39 is 27.4 Å². The van der Waals surface area contributed by atoms with Crippen molar-refractivity contribution in [2.45, 2.75) is 5.75 Å². The topological polar surface area (TPSA) is 66.4 Å². The summed E-state index contributed by atoms with van der Waals surface area (Å²) in [7, 11) is -3.96. The van der Waals surface area contributed by atoms with Gasteiger partial charge in [-0.25, -0.2) is 17.2 Å². The highest BCUT2D eigenvalue weighted by Gasteiger charge is 2.13. The summed E-state index contributed by atoms with van der Waals surface area (Å²) in [6.07, 6.45) is 0. The van der Waals surface area contributed by atoms with Gasteiger partial charge in [-0.15, -0.1) is 0 Å². The van der Waals surface area contributed by atoms with Gasteiger partial charge in [-0.1, -0.05) is 11.0 Å². The van der Waals surface area contributed by atoms with Gasteiger partial charge in [0.2, 0.25) is 10.0 Å². The van der Waals surface area contributed by atoms with Crippen LogP contribution in [0.1, 0.15) is 5.56 Å². The van der Waals surface area contributed by atoms with Crippen LogP contribution in [0.2, 0.25) is 0 Å². The molecule has 7 heteroatoms. The van der Waals surface area contributed by atoms with Crippen LogP contribution in [0.4, 0.5) is 8.78 Å². The first-order valence-electron chi connectivity index (χ1n) is 3.52. The van der Waals surface area contributed by atoms with E-state index in [0.717, 1.165) is 17.0 Å². The molecule has 0 aliphatic rings. The molecule has 1 rings (SSSR count). The summed E-state index contributed by atoms with van der Waals surface area (Å²) in [5.74, 6) is -2.50. The summed E-state index contributed by atoms with van der Waals surface area (Å²) in [6.45, 7) is 0. The fourth-order valence-corrected chi connectivity index (χ4v) is 1.58. The molecule has 0 aliphatic heterocycles. The number of benzene rings is 1. The fraction of sp³-hybridized carbons (Fsp3) is 0.143. The van der Waals surface area contributed by atoms with Crippen molar-refractivity contribution >= 4 is 10.0 Å². The molecule has 0 radical (unpaired) electrons. The largest absolute Gasteiger partial charge is 0.302 e. The van der Waals surface area contributed by atoms with Crippen LogP contribution in [-0.4, -0.2) is 13.6 Å². The Morgan fingerprint density at radius 1 is 1.36 bits per heavy atom. The van der Waals surface area contributed by atoms with E-state index in [2.05, 4.69) is 0 Å². The molecule has 0 amide bonds. The Morgan fingerprint density at radius 3 is 2.50 bits per heavy atom. The van der Waals surface area contributed by atoms with E-state index in [1.165, 1.54) is 0 Å². The first kappa shape index (κ1) is 11.0. The van der Waals surface area contributed by atoms with Gasteiger partial charge in [-0.05, 0) is 6.07 Å². The Morgan fingerprint density at radius 2 is 2.00 bits per heavy atom. The number of rotatable bonds is 3. The number of hydrogen-bond donors (Lipinski definition) is 2. The zero-order chi connectivity index (χ0) is 10.8. The minimum atomic E-state index is -3.96. The molecule has 0 fully saturated rings. The summed E-state index contributed by atoms with van der Waals surface area (Å²) >= 11 is 0. The normalized spacial score (nSPS) is 11.6. The average Bonchev–Trinajstić information content (AvgIpc) is 2.10. The van der Waals surface area contributed by atoms with Crippen molar-refractivity contribution in [2.24, 2.45) is 0 Å².